The molecule has 0 bridgehead atoms. The molecular weight excluding hydrogens is 278 g/mol. The molecule has 0 radical (unpaired) electrons. The zero-order chi connectivity index (χ0) is 15.9. The van der Waals surface area contributed by atoms with Gasteiger partial charge in [0.15, 0.2) is 0 Å². The van der Waals surface area contributed by atoms with Gasteiger partial charge in [0.05, 0.1) is 0 Å². The minimum absolute atomic E-state index is 0.107. The Balaban J connectivity index is 1.99. The lowest BCUT2D eigenvalue weighted by Crippen LogP contribution is -2.46. The van der Waals surface area contributed by atoms with Crippen molar-refractivity contribution >= 4 is 11.8 Å². The van der Waals surface area contributed by atoms with Gasteiger partial charge in [0.2, 0.25) is 0 Å². The van der Waals surface area contributed by atoms with Crippen LogP contribution in [0.2, 0.25) is 0 Å². The van der Waals surface area contributed by atoms with Crippen LogP contribution >= 0.6 is 0 Å². The fraction of sp³-hybridized carbons (Fsp3) is 0.529. The molecular formula is C17H25N3O2. The van der Waals surface area contributed by atoms with Crippen molar-refractivity contribution in [2.75, 3.05) is 13.1 Å². The number of benzene rings is 1. The van der Waals surface area contributed by atoms with Crippen LogP contribution in [0.4, 0.5) is 0 Å². The summed E-state index contributed by atoms with van der Waals surface area (Å²) in [5.41, 5.74) is 1.06. The quantitative estimate of drug-likeness (QED) is 0.775. The summed E-state index contributed by atoms with van der Waals surface area (Å²) in [5.74, 6) is -0.240. The molecule has 5 nitrogen and oxygen atoms in total. The smallest absolute Gasteiger partial charge is 0.251 e. The van der Waals surface area contributed by atoms with E-state index in [1.54, 1.807) is 24.3 Å². The van der Waals surface area contributed by atoms with Crippen molar-refractivity contribution < 1.29 is 9.59 Å². The van der Waals surface area contributed by atoms with Gasteiger partial charge in [0.1, 0.15) is 0 Å². The molecule has 3 N–H and O–H groups in total. The van der Waals surface area contributed by atoms with Gasteiger partial charge in [0.25, 0.3) is 11.8 Å². The number of carbonyl (C=O) groups excluding carboxylic acids is 2. The van der Waals surface area contributed by atoms with Crippen LogP contribution in [0.25, 0.3) is 0 Å². The molecule has 22 heavy (non-hydrogen) atoms. The first-order valence-electron chi connectivity index (χ1n) is 8.02. The van der Waals surface area contributed by atoms with Crippen LogP contribution in [-0.4, -0.2) is 37.0 Å². The molecule has 0 saturated carbocycles. The Bertz CT molecular complexity index is 530. The second-order valence-electron chi connectivity index (χ2n) is 5.89. The van der Waals surface area contributed by atoms with Gasteiger partial charge in [0, 0.05) is 29.8 Å². The lowest BCUT2D eigenvalue weighted by molar-refractivity contribution is 0.0925. The van der Waals surface area contributed by atoms with E-state index in [1.807, 2.05) is 6.92 Å². The average Bonchev–Trinajstić information content (AvgIpc) is 2.52. The maximum atomic E-state index is 12.3. The first-order valence-corrected chi connectivity index (χ1v) is 8.02. The largest absolute Gasteiger partial charge is 0.352 e. The second-order valence-corrected chi connectivity index (χ2v) is 5.89. The van der Waals surface area contributed by atoms with E-state index in [-0.39, 0.29) is 17.9 Å². The fourth-order valence-electron chi connectivity index (χ4n) is 2.67. The van der Waals surface area contributed by atoms with Crippen molar-refractivity contribution in [2.45, 2.75) is 45.2 Å². The molecule has 2 unspecified atom stereocenters. The van der Waals surface area contributed by atoms with Gasteiger partial charge in [-0.25, -0.2) is 0 Å². The molecule has 2 amide bonds. The highest BCUT2D eigenvalue weighted by molar-refractivity contribution is 5.99. The highest BCUT2D eigenvalue weighted by Crippen LogP contribution is 2.11. The Kier molecular flexibility index (Phi) is 5.95. The van der Waals surface area contributed by atoms with E-state index in [0.29, 0.717) is 23.7 Å². The van der Waals surface area contributed by atoms with Crippen molar-refractivity contribution in [1.82, 2.24) is 16.0 Å². The van der Waals surface area contributed by atoms with Gasteiger partial charge in [-0.2, -0.15) is 0 Å². The first-order chi connectivity index (χ1) is 10.6. The molecule has 120 valence electrons. The van der Waals surface area contributed by atoms with Crippen molar-refractivity contribution in [3.8, 4) is 0 Å². The number of hydrogen-bond acceptors (Lipinski definition) is 3. The third-order valence-corrected chi connectivity index (χ3v) is 3.88. The normalized spacial score (nSPS) is 21.2. The van der Waals surface area contributed by atoms with E-state index in [1.165, 1.54) is 0 Å². The highest BCUT2D eigenvalue weighted by Gasteiger charge is 2.20. The summed E-state index contributed by atoms with van der Waals surface area (Å²) >= 11 is 0. The number of amides is 2. The average molecular weight is 303 g/mol. The summed E-state index contributed by atoms with van der Waals surface area (Å²) in [7, 11) is 0. The Hall–Kier alpha value is -1.88. The third-order valence-electron chi connectivity index (χ3n) is 3.88. The molecule has 1 aromatic rings. The van der Waals surface area contributed by atoms with Crippen LogP contribution in [0.1, 0.15) is 53.8 Å². The molecule has 1 heterocycles. The predicted molar refractivity (Wildman–Crippen MR) is 87.0 cm³/mol. The summed E-state index contributed by atoms with van der Waals surface area (Å²) in [6.07, 6.45) is 2.76. The fourth-order valence-corrected chi connectivity index (χ4v) is 2.67. The Morgan fingerprint density at radius 1 is 1.27 bits per heavy atom. The zero-order valence-corrected chi connectivity index (χ0v) is 13.3. The van der Waals surface area contributed by atoms with E-state index in [4.69, 9.17) is 0 Å². The van der Waals surface area contributed by atoms with Crippen LogP contribution in [0.3, 0.4) is 0 Å². The van der Waals surface area contributed by atoms with Crippen LogP contribution in [0, 0.1) is 0 Å². The van der Waals surface area contributed by atoms with Gasteiger partial charge < -0.3 is 16.0 Å². The number of nitrogens with one attached hydrogen (secondary N) is 3. The molecule has 2 atom stereocenters. The summed E-state index contributed by atoms with van der Waals surface area (Å²) in [6, 6.07) is 7.50. The zero-order valence-electron chi connectivity index (χ0n) is 13.3. The third kappa shape index (κ3) is 4.56. The maximum absolute atomic E-state index is 12.3. The molecule has 1 aliphatic heterocycles. The molecule has 1 aromatic carbocycles. The molecule has 2 rings (SSSR count). The van der Waals surface area contributed by atoms with E-state index in [0.717, 1.165) is 25.8 Å². The van der Waals surface area contributed by atoms with Gasteiger partial charge in [-0.15, -0.1) is 0 Å². The van der Waals surface area contributed by atoms with Crippen molar-refractivity contribution in [2.24, 2.45) is 0 Å². The number of hydrogen-bond donors (Lipinski definition) is 3. The maximum Gasteiger partial charge on any atom is 0.251 e. The minimum atomic E-state index is -0.132. The SMILES string of the molecule is CCCNC(=O)c1cccc(C(=O)NC2CCNC(C)C2)c1. The van der Waals surface area contributed by atoms with Gasteiger partial charge >= 0.3 is 0 Å². The highest BCUT2D eigenvalue weighted by atomic mass is 16.2. The van der Waals surface area contributed by atoms with E-state index in [9.17, 15) is 9.59 Å². The summed E-state index contributed by atoms with van der Waals surface area (Å²) < 4.78 is 0. The predicted octanol–water partition coefficient (Wildman–Crippen LogP) is 1.70. The second kappa shape index (κ2) is 7.94. The molecule has 0 spiro atoms. The Morgan fingerprint density at radius 3 is 2.68 bits per heavy atom. The molecule has 5 heteroatoms. The summed E-state index contributed by atoms with van der Waals surface area (Å²) in [6.45, 7) is 5.69. The Morgan fingerprint density at radius 2 is 2.00 bits per heavy atom. The van der Waals surface area contributed by atoms with Crippen LogP contribution in [0.5, 0.6) is 0 Å². The number of rotatable bonds is 5. The van der Waals surface area contributed by atoms with Gasteiger partial charge in [-0.3, -0.25) is 9.59 Å². The van der Waals surface area contributed by atoms with E-state index in [2.05, 4.69) is 22.9 Å². The topological polar surface area (TPSA) is 70.2 Å². The lowest BCUT2D eigenvalue weighted by atomic mass is 10.00. The first kappa shape index (κ1) is 16.5. The summed E-state index contributed by atoms with van der Waals surface area (Å²) in [4.78, 5) is 24.3. The molecule has 1 aliphatic rings. The number of carbonyl (C=O) groups is 2. The summed E-state index contributed by atoms with van der Waals surface area (Å²) in [5, 5.41) is 9.25. The monoisotopic (exact) mass is 303 g/mol. The van der Waals surface area contributed by atoms with Crippen molar-refractivity contribution in [3.05, 3.63) is 35.4 Å². The van der Waals surface area contributed by atoms with Crippen molar-refractivity contribution in [3.63, 3.8) is 0 Å². The van der Waals surface area contributed by atoms with E-state index >= 15 is 0 Å². The standard InChI is InChI=1S/C17H25N3O2/c1-3-8-19-16(21)13-5-4-6-14(11-13)17(22)20-15-7-9-18-12(2)10-15/h4-6,11-12,15,18H,3,7-10H2,1-2H3,(H,19,21)(H,20,22). The molecule has 1 fully saturated rings. The molecule has 0 aliphatic carbocycles. The molecule has 0 aromatic heterocycles. The van der Waals surface area contributed by atoms with Gasteiger partial charge in [-0.1, -0.05) is 13.0 Å². The van der Waals surface area contributed by atoms with Crippen LogP contribution in [0.15, 0.2) is 24.3 Å². The van der Waals surface area contributed by atoms with Crippen LogP contribution in [-0.2, 0) is 0 Å². The van der Waals surface area contributed by atoms with E-state index < -0.39 is 0 Å². The van der Waals surface area contributed by atoms with Crippen molar-refractivity contribution in [1.29, 1.82) is 0 Å². The van der Waals surface area contributed by atoms with Crippen LogP contribution < -0.4 is 16.0 Å². The lowest BCUT2D eigenvalue weighted by Gasteiger charge is -2.28. The minimum Gasteiger partial charge on any atom is -0.352 e. The molecule has 1 saturated heterocycles. The van der Waals surface area contributed by atoms with Gasteiger partial charge in [-0.05, 0) is 50.9 Å². The number of piperidine rings is 1. The Labute approximate surface area is 131 Å².